The number of carbonyl (C=O) groups excluding carboxylic acids is 2. The fraction of sp³-hybridized carbons (Fsp3) is 0.333. The molecule has 0 radical (unpaired) electrons. The molecule has 1 heterocycles. The number of anilines is 1. The molecule has 3 rings (SSSR count). The van der Waals surface area contributed by atoms with Crippen molar-refractivity contribution in [3.8, 4) is 5.75 Å². The van der Waals surface area contributed by atoms with Crippen LogP contribution in [0, 0.1) is 0 Å². The van der Waals surface area contributed by atoms with E-state index in [2.05, 4.69) is 10.0 Å². The number of carbonyl (C=O) groups is 2. The van der Waals surface area contributed by atoms with Gasteiger partial charge < -0.3 is 15.0 Å². The van der Waals surface area contributed by atoms with Crippen LogP contribution >= 0.6 is 0 Å². The van der Waals surface area contributed by atoms with E-state index in [-0.39, 0.29) is 17.9 Å². The standard InChI is InChI=1S/C21H25N3O5S/c1-29-19-6-4-3-5-18(19)20(25)22-16-11-13-24(14-12-16)21(26)15-7-9-17(10-8-15)23-30(2,27)28/h3-10,16,23H,11-14H2,1-2H3,(H,22,25). The number of amides is 2. The van der Waals surface area contributed by atoms with Crippen LogP contribution in [0.2, 0.25) is 0 Å². The Bertz CT molecular complexity index is 1010. The first kappa shape index (κ1) is 21.6. The van der Waals surface area contributed by atoms with Gasteiger partial charge in [0.05, 0.1) is 18.9 Å². The third-order valence-corrected chi connectivity index (χ3v) is 5.51. The van der Waals surface area contributed by atoms with E-state index in [0.29, 0.717) is 48.5 Å². The van der Waals surface area contributed by atoms with Gasteiger partial charge in [-0.2, -0.15) is 0 Å². The van der Waals surface area contributed by atoms with Crippen LogP contribution < -0.4 is 14.8 Å². The van der Waals surface area contributed by atoms with E-state index in [4.69, 9.17) is 4.74 Å². The number of methoxy groups -OCH3 is 1. The van der Waals surface area contributed by atoms with Crippen molar-refractivity contribution in [2.24, 2.45) is 0 Å². The first-order valence-corrected chi connectivity index (χ1v) is 11.5. The average molecular weight is 432 g/mol. The second-order valence-electron chi connectivity index (χ2n) is 7.19. The molecule has 2 N–H and O–H groups in total. The smallest absolute Gasteiger partial charge is 0.255 e. The Morgan fingerprint density at radius 1 is 1.03 bits per heavy atom. The van der Waals surface area contributed by atoms with Crippen molar-refractivity contribution in [1.29, 1.82) is 0 Å². The molecule has 2 amide bonds. The maximum absolute atomic E-state index is 12.7. The molecule has 30 heavy (non-hydrogen) atoms. The zero-order valence-electron chi connectivity index (χ0n) is 16.9. The predicted octanol–water partition coefficient (Wildman–Crippen LogP) is 2.10. The molecule has 0 saturated carbocycles. The summed E-state index contributed by atoms with van der Waals surface area (Å²) >= 11 is 0. The minimum absolute atomic E-state index is 0.0206. The highest BCUT2D eigenvalue weighted by Crippen LogP contribution is 2.20. The van der Waals surface area contributed by atoms with Crippen molar-refractivity contribution in [3.63, 3.8) is 0 Å². The lowest BCUT2D eigenvalue weighted by Crippen LogP contribution is -2.46. The number of rotatable bonds is 6. The number of sulfonamides is 1. The summed E-state index contributed by atoms with van der Waals surface area (Å²) in [6, 6.07) is 13.4. The second-order valence-corrected chi connectivity index (χ2v) is 8.94. The van der Waals surface area contributed by atoms with E-state index in [1.165, 1.54) is 7.11 Å². The Labute approximate surface area is 176 Å². The number of nitrogens with one attached hydrogen (secondary N) is 2. The van der Waals surface area contributed by atoms with Crippen LogP contribution in [0.25, 0.3) is 0 Å². The second kappa shape index (κ2) is 9.17. The van der Waals surface area contributed by atoms with Crippen molar-refractivity contribution in [2.75, 3.05) is 31.2 Å². The summed E-state index contributed by atoms with van der Waals surface area (Å²) in [5.41, 5.74) is 1.39. The molecule has 160 valence electrons. The summed E-state index contributed by atoms with van der Waals surface area (Å²) in [7, 11) is -1.83. The van der Waals surface area contributed by atoms with Gasteiger partial charge in [-0.1, -0.05) is 12.1 Å². The lowest BCUT2D eigenvalue weighted by Gasteiger charge is -2.32. The molecule has 0 bridgehead atoms. The van der Waals surface area contributed by atoms with Crippen LogP contribution in [0.4, 0.5) is 5.69 Å². The van der Waals surface area contributed by atoms with Crippen LogP contribution in [0.1, 0.15) is 33.6 Å². The highest BCUT2D eigenvalue weighted by atomic mass is 32.2. The molecule has 0 unspecified atom stereocenters. The van der Waals surface area contributed by atoms with Gasteiger partial charge in [-0.05, 0) is 49.2 Å². The van der Waals surface area contributed by atoms with Gasteiger partial charge in [0.25, 0.3) is 11.8 Å². The van der Waals surface area contributed by atoms with Gasteiger partial charge in [-0.15, -0.1) is 0 Å². The lowest BCUT2D eigenvalue weighted by atomic mass is 10.0. The highest BCUT2D eigenvalue weighted by Gasteiger charge is 2.25. The van der Waals surface area contributed by atoms with Gasteiger partial charge in [-0.25, -0.2) is 8.42 Å². The van der Waals surface area contributed by atoms with Crippen LogP contribution in [0.15, 0.2) is 48.5 Å². The molecule has 1 aliphatic heterocycles. The van der Waals surface area contributed by atoms with Crippen molar-refractivity contribution in [1.82, 2.24) is 10.2 Å². The lowest BCUT2D eigenvalue weighted by molar-refractivity contribution is 0.0698. The quantitative estimate of drug-likeness (QED) is 0.729. The van der Waals surface area contributed by atoms with Crippen LogP contribution in [0.5, 0.6) is 5.75 Å². The van der Waals surface area contributed by atoms with Crippen molar-refractivity contribution in [2.45, 2.75) is 18.9 Å². The Morgan fingerprint density at radius 3 is 2.27 bits per heavy atom. The molecule has 0 spiro atoms. The summed E-state index contributed by atoms with van der Waals surface area (Å²) in [5, 5.41) is 3.02. The zero-order chi connectivity index (χ0) is 21.7. The van der Waals surface area contributed by atoms with Crippen molar-refractivity contribution < 1.29 is 22.7 Å². The SMILES string of the molecule is COc1ccccc1C(=O)NC1CCN(C(=O)c2ccc(NS(C)(=O)=O)cc2)CC1. The van der Waals surface area contributed by atoms with Gasteiger partial charge in [0.15, 0.2) is 0 Å². The maximum Gasteiger partial charge on any atom is 0.255 e. The number of para-hydroxylation sites is 1. The van der Waals surface area contributed by atoms with Gasteiger partial charge in [0.1, 0.15) is 5.75 Å². The fourth-order valence-electron chi connectivity index (χ4n) is 3.40. The zero-order valence-corrected chi connectivity index (χ0v) is 17.7. The van der Waals surface area contributed by atoms with E-state index in [9.17, 15) is 18.0 Å². The number of hydrogen-bond donors (Lipinski definition) is 2. The van der Waals surface area contributed by atoms with Crippen LogP contribution in [-0.4, -0.2) is 57.6 Å². The Balaban J connectivity index is 1.55. The van der Waals surface area contributed by atoms with Gasteiger partial charge >= 0.3 is 0 Å². The predicted molar refractivity (Wildman–Crippen MR) is 114 cm³/mol. The molecule has 1 saturated heterocycles. The van der Waals surface area contributed by atoms with Crippen molar-refractivity contribution >= 4 is 27.5 Å². The molecule has 9 heteroatoms. The number of piperidine rings is 1. The third-order valence-electron chi connectivity index (χ3n) is 4.90. The van der Waals surface area contributed by atoms with E-state index in [1.54, 1.807) is 47.4 Å². The minimum atomic E-state index is -3.36. The fourth-order valence-corrected chi connectivity index (χ4v) is 3.96. The van der Waals surface area contributed by atoms with E-state index < -0.39 is 10.0 Å². The molecule has 1 fully saturated rings. The Hall–Kier alpha value is -3.07. The summed E-state index contributed by atoms with van der Waals surface area (Å²) in [6.45, 7) is 1.05. The summed E-state index contributed by atoms with van der Waals surface area (Å²) in [6.07, 6.45) is 2.38. The largest absolute Gasteiger partial charge is 0.496 e. The molecule has 0 aromatic heterocycles. The molecule has 0 aliphatic carbocycles. The Morgan fingerprint density at radius 2 is 1.67 bits per heavy atom. The number of ether oxygens (including phenoxy) is 1. The molecule has 0 atom stereocenters. The van der Waals surface area contributed by atoms with Gasteiger partial charge in [0, 0.05) is 30.4 Å². The van der Waals surface area contributed by atoms with E-state index in [1.807, 2.05) is 6.07 Å². The monoisotopic (exact) mass is 431 g/mol. The first-order valence-electron chi connectivity index (χ1n) is 9.58. The molecule has 2 aromatic carbocycles. The topological polar surface area (TPSA) is 105 Å². The molecular formula is C21H25N3O5S. The maximum atomic E-state index is 12.7. The number of benzene rings is 2. The average Bonchev–Trinajstić information content (AvgIpc) is 2.73. The van der Waals surface area contributed by atoms with Crippen LogP contribution in [-0.2, 0) is 10.0 Å². The summed E-state index contributed by atoms with van der Waals surface area (Å²) in [5.74, 6) is 0.220. The summed E-state index contributed by atoms with van der Waals surface area (Å²) < 4.78 is 30.2. The Kier molecular flexibility index (Phi) is 6.61. The molecular weight excluding hydrogens is 406 g/mol. The van der Waals surface area contributed by atoms with Gasteiger partial charge in [-0.3, -0.25) is 14.3 Å². The molecule has 1 aliphatic rings. The van der Waals surface area contributed by atoms with Crippen LogP contribution in [0.3, 0.4) is 0 Å². The van der Waals surface area contributed by atoms with E-state index >= 15 is 0 Å². The molecule has 2 aromatic rings. The minimum Gasteiger partial charge on any atom is -0.496 e. The molecule has 8 nitrogen and oxygen atoms in total. The van der Waals surface area contributed by atoms with E-state index in [0.717, 1.165) is 6.26 Å². The highest BCUT2D eigenvalue weighted by molar-refractivity contribution is 7.92. The number of hydrogen-bond acceptors (Lipinski definition) is 5. The summed E-state index contributed by atoms with van der Waals surface area (Å²) in [4.78, 5) is 27.0. The third kappa shape index (κ3) is 5.50. The number of nitrogens with zero attached hydrogens (tertiary/aromatic N) is 1. The van der Waals surface area contributed by atoms with Gasteiger partial charge in [0.2, 0.25) is 10.0 Å². The normalized spacial score (nSPS) is 14.8. The number of likely N-dealkylation sites (tertiary alicyclic amines) is 1. The van der Waals surface area contributed by atoms with Crippen molar-refractivity contribution in [3.05, 3.63) is 59.7 Å². The first-order chi connectivity index (χ1) is 14.3.